The Kier molecular flexibility index (Phi) is 3.43. The summed E-state index contributed by atoms with van der Waals surface area (Å²) in [5.41, 5.74) is 1.09. The lowest BCUT2D eigenvalue weighted by Gasteiger charge is -2.07. The van der Waals surface area contributed by atoms with Crippen LogP contribution in [-0.2, 0) is 5.75 Å². The monoisotopic (exact) mass is 211 g/mol. The Balaban J connectivity index is 1.85. The van der Waals surface area contributed by atoms with Gasteiger partial charge in [0.15, 0.2) is 0 Å². The highest BCUT2D eigenvalue weighted by Crippen LogP contribution is 2.22. The van der Waals surface area contributed by atoms with E-state index in [4.69, 9.17) is 0 Å². The molecular formula is C11H14FNS. The molecule has 0 saturated carbocycles. The molecule has 1 unspecified atom stereocenters. The molecule has 1 aromatic carbocycles. The maximum atomic E-state index is 12.8. The fraction of sp³-hybridized carbons (Fsp3) is 0.455. The van der Waals surface area contributed by atoms with Crippen LogP contribution in [0.5, 0.6) is 0 Å². The Morgan fingerprint density at radius 2 is 2.43 bits per heavy atom. The Hall–Kier alpha value is -0.540. The Bertz CT molecular complexity index is 297. The van der Waals surface area contributed by atoms with Crippen molar-refractivity contribution in [2.24, 2.45) is 0 Å². The normalized spacial score (nSPS) is 21.4. The molecule has 76 valence electrons. The third kappa shape index (κ3) is 2.72. The summed E-state index contributed by atoms with van der Waals surface area (Å²) in [5, 5.41) is 4.03. The Morgan fingerprint density at radius 1 is 1.50 bits per heavy atom. The third-order valence-electron chi connectivity index (χ3n) is 2.39. The van der Waals surface area contributed by atoms with E-state index < -0.39 is 0 Å². The number of hydrogen-bond donors (Lipinski definition) is 1. The average molecular weight is 211 g/mol. The zero-order valence-electron chi connectivity index (χ0n) is 8.00. The molecular weight excluding hydrogens is 197 g/mol. The first-order valence-corrected chi connectivity index (χ1v) is 5.96. The molecule has 2 rings (SSSR count). The Morgan fingerprint density at radius 3 is 3.14 bits per heavy atom. The fourth-order valence-corrected chi connectivity index (χ4v) is 2.74. The van der Waals surface area contributed by atoms with E-state index in [0.29, 0.717) is 5.25 Å². The summed E-state index contributed by atoms with van der Waals surface area (Å²) < 4.78 is 12.8. The van der Waals surface area contributed by atoms with Gasteiger partial charge in [-0.2, -0.15) is 11.8 Å². The highest BCUT2D eigenvalue weighted by molar-refractivity contribution is 7.99. The maximum Gasteiger partial charge on any atom is 0.123 e. The molecule has 1 N–H and O–H groups in total. The molecule has 3 heteroatoms. The number of nitrogens with one attached hydrogen (secondary N) is 1. The average Bonchev–Trinajstić information content (AvgIpc) is 2.67. The zero-order valence-corrected chi connectivity index (χ0v) is 8.82. The van der Waals surface area contributed by atoms with Crippen LogP contribution >= 0.6 is 11.8 Å². The van der Waals surface area contributed by atoms with Crippen LogP contribution in [0.1, 0.15) is 12.0 Å². The SMILES string of the molecule is Fc1cccc(CSC2CCNC2)c1. The predicted molar refractivity (Wildman–Crippen MR) is 59.0 cm³/mol. The third-order valence-corrected chi connectivity index (χ3v) is 3.76. The molecule has 1 nitrogen and oxygen atoms in total. The first-order chi connectivity index (χ1) is 6.84. The van der Waals surface area contributed by atoms with Crippen LogP contribution in [0.3, 0.4) is 0 Å². The summed E-state index contributed by atoms with van der Waals surface area (Å²) in [4.78, 5) is 0. The van der Waals surface area contributed by atoms with Crippen LogP contribution in [0.25, 0.3) is 0 Å². The van der Waals surface area contributed by atoms with Gasteiger partial charge in [0.2, 0.25) is 0 Å². The topological polar surface area (TPSA) is 12.0 Å². The van der Waals surface area contributed by atoms with Gasteiger partial charge in [-0.25, -0.2) is 4.39 Å². The fourth-order valence-electron chi connectivity index (χ4n) is 1.61. The van der Waals surface area contributed by atoms with E-state index in [1.165, 1.54) is 12.5 Å². The van der Waals surface area contributed by atoms with E-state index in [0.717, 1.165) is 24.4 Å². The number of rotatable bonds is 3. The van der Waals surface area contributed by atoms with Crippen LogP contribution in [0.4, 0.5) is 4.39 Å². The summed E-state index contributed by atoms with van der Waals surface area (Å²) in [6.45, 7) is 2.22. The summed E-state index contributed by atoms with van der Waals surface area (Å²) >= 11 is 1.92. The molecule has 1 fully saturated rings. The van der Waals surface area contributed by atoms with Crippen molar-refractivity contribution < 1.29 is 4.39 Å². The minimum atomic E-state index is -0.132. The van der Waals surface area contributed by atoms with Crippen molar-refractivity contribution in [1.29, 1.82) is 0 Å². The first kappa shape index (κ1) is 9.99. The zero-order chi connectivity index (χ0) is 9.80. The summed E-state index contributed by atoms with van der Waals surface area (Å²) in [6.07, 6.45) is 1.24. The van der Waals surface area contributed by atoms with E-state index in [2.05, 4.69) is 5.32 Å². The summed E-state index contributed by atoms with van der Waals surface area (Å²) in [6, 6.07) is 6.87. The minimum absolute atomic E-state index is 0.132. The lowest BCUT2D eigenvalue weighted by atomic mass is 10.2. The van der Waals surface area contributed by atoms with Gasteiger partial charge in [-0.1, -0.05) is 12.1 Å². The maximum absolute atomic E-state index is 12.8. The van der Waals surface area contributed by atoms with E-state index in [-0.39, 0.29) is 5.82 Å². The van der Waals surface area contributed by atoms with Crippen molar-refractivity contribution >= 4 is 11.8 Å². The largest absolute Gasteiger partial charge is 0.316 e. The lowest BCUT2D eigenvalue weighted by Crippen LogP contribution is -2.10. The van der Waals surface area contributed by atoms with Gasteiger partial charge in [-0.05, 0) is 30.7 Å². The second-order valence-corrected chi connectivity index (χ2v) is 4.84. The minimum Gasteiger partial charge on any atom is -0.316 e. The van der Waals surface area contributed by atoms with Crippen molar-refractivity contribution in [2.75, 3.05) is 13.1 Å². The highest BCUT2D eigenvalue weighted by Gasteiger charge is 2.14. The molecule has 0 aliphatic carbocycles. The van der Waals surface area contributed by atoms with Crippen molar-refractivity contribution in [3.63, 3.8) is 0 Å². The van der Waals surface area contributed by atoms with E-state index >= 15 is 0 Å². The van der Waals surface area contributed by atoms with Gasteiger partial charge in [0.05, 0.1) is 0 Å². The van der Waals surface area contributed by atoms with E-state index in [1.54, 1.807) is 12.1 Å². The van der Waals surface area contributed by atoms with Gasteiger partial charge in [-0.15, -0.1) is 0 Å². The molecule has 0 bridgehead atoms. The summed E-state index contributed by atoms with van der Waals surface area (Å²) in [5.74, 6) is 0.789. The van der Waals surface area contributed by atoms with Crippen LogP contribution in [-0.4, -0.2) is 18.3 Å². The standard InChI is InChI=1S/C11H14FNS/c12-10-3-1-2-9(6-10)8-14-11-4-5-13-7-11/h1-3,6,11,13H,4-5,7-8H2. The van der Waals surface area contributed by atoms with E-state index in [1.807, 2.05) is 17.8 Å². The number of hydrogen-bond acceptors (Lipinski definition) is 2. The van der Waals surface area contributed by atoms with Crippen molar-refractivity contribution in [2.45, 2.75) is 17.4 Å². The molecule has 1 atom stereocenters. The van der Waals surface area contributed by atoms with Gasteiger partial charge < -0.3 is 5.32 Å². The molecule has 0 spiro atoms. The molecule has 1 aliphatic rings. The van der Waals surface area contributed by atoms with Gasteiger partial charge in [-0.3, -0.25) is 0 Å². The van der Waals surface area contributed by atoms with Crippen LogP contribution in [0.2, 0.25) is 0 Å². The number of benzene rings is 1. The van der Waals surface area contributed by atoms with Gasteiger partial charge >= 0.3 is 0 Å². The second kappa shape index (κ2) is 4.80. The van der Waals surface area contributed by atoms with Crippen LogP contribution in [0, 0.1) is 5.82 Å². The highest BCUT2D eigenvalue weighted by atomic mass is 32.2. The van der Waals surface area contributed by atoms with Crippen LogP contribution < -0.4 is 5.32 Å². The van der Waals surface area contributed by atoms with Gasteiger partial charge in [0.1, 0.15) is 5.82 Å². The molecule has 1 aliphatic heterocycles. The molecule has 1 heterocycles. The molecule has 14 heavy (non-hydrogen) atoms. The quantitative estimate of drug-likeness (QED) is 0.824. The Labute approximate surface area is 88.1 Å². The molecule has 0 amide bonds. The second-order valence-electron chi connectivity index (χ2n) is 3.56. The molecule has 1 aromatic rings. The van der Waals surface area contributed by atoms with Crippen LogP contribution in [0.15, 0.2) is 24.3 Å². The summed E-state index contributed by atoms with van der Waals surface area (Å²) in [7, 11) is 0. The molecule has 0 radical (unpaired) electrons. The van der Waals surface area contributed by atoms with Gasteiger partial charge in [0.25, 0.3) is 0 Å². The molecule has 0 aromatic heterocycles. The van der Waals surface area contributed by atoms with Crippen molar-refractivity contribution in [3.8, 4) is 0 Å². The first-order valence-electron chi connectivity index (χ1n) is 4.91. The number of halogens is 1. The van der Waals surface area contributed by atoms with Crippen molar-refractivity contribution in [1.82, 2.24) is 5.32 Å². The van der Waals surface area contributed by atoms with Gasteiger partial charge in [0, 0.05) is 17.5 Å². The van der Waals surface area contributed by atoms with E-state index in [9.17, 15) is 4.39 Å². The predicted octanol–water partition coefficient (Wildman–Crippen LogP) is 2.42. The van der Waals surface area contributed by atoms with Crippen molar-refractivity contribution in [3.05, 3.63) is 35.6 Å². The molecule has 1 saturated heterocycles. The smallest absolute Gasteiger partial charge is 0.123 e. The lowest BCUT2D eigenvalue weighted by molar-refractivity contribution is 0.626. The number of thioether (sulfide) groups is 1.